The number of hydrogen-bond acceptors (Lipinski definition) is 8. The lowest BCUT2D eigenvalue weighted by molar-refractivity contribution is -0.136. The number of nitrogens with one attached hydrogen (secondary N) is 1. The Morgan fingerprint density at radius 2 is 2.00 bits per heavy atom. The second-order valence-corrected chi connectivity index (χ2v) is 5.33. The van der Waals surface area contributed by atoms with Gasteiger partial charge in [0.15, 0.2) is 11.5 Å². The van der Waals surface area contributed by atoms with Crippen molar-refractivity contribution in [2.45, 2.75) is 19.4 Å². The van der Waals surface area contributed by atoms with Gasteiger partial charge in [0.1, 0.15) is 6.04 Å². The van der Waals surface area contributed by atoms with Crippen molar-refractivity contribution in [3.63, 3.8) is 0 Å². The van der Waals surface area contributed by atoms with Crippen LogP contribution in [0.4, 0.5) is 5.95 Å². The van der Waals surface area contributed by atoms with Crippen molar-refractivity contribution < 1.29 is 19.0 Å². The molecule has 1 N–H and O–H groups in total. The van der Waals surface area contributed by atoms with Gasteiger partial charge in [0.05, 0.1) is 26.9 Å². The number of tetrazole rings is 1. The Hall–Kier alpha value is -3.10. The van der Waals surface area contributed by atoms with Crippen LogP contribution in [0.2, 0.25) is 0 Å². The first-order valence-corrected chi connectivity index (χ1v) is 7.72. The number of carbonyl (C=O) groups is 1. The molecule has 9 nitrogen and oxygen atoms in total. The largest absolute Gasteiger partial charge is 0.493 e. The van der Waals surface area contributed by atoms with E-state index in [4.69, 9.17) is 14.2 Å². The normalized spacial score (nSPS) is 16.1. The van der Waals surface area contributed by atoms with Crippen LogP contribution in [0.5, 0.6) is 11.5 Å². The third-order valence-electron chi connectivity index (χ3n) is 4.08. The first-order valence-electron chi connectivity index (χ1n) is 7.72. The van der Waals surface area contributed by atoms with Gasteiger partial charge < -0.3 is 19.5 Å². The van der Waals surface area contributed by atoms with E-state index >= 15 is 0 Å². The molecule has 132 valence electrons. The number of hydrogen-bond donors (Lipinski definition) is 1. The number of fused-ring (bicyclic) bond motifs is 1. The molecule has 2 heterocycles. The Balaban J connectivity index is 2.20. The highest BCUT2D eigenvalue weighted by Crippen LogP contribution is 2.39. The number of ether oxygens (including phenoxy) is 3. The van der Waals surface area contributed by atoms with Crippen LogP contribution in [0.1, 0.15) is 24.9 Å². The predicted molar refractivity (Wildman–Crippen MR) is 88.5 cm³/mol. The number of aromatic nitrogens is 4. The van der Waals surface area contributed by atoms with Crippen LogP contribution in [0.15, 0.2) is 29.5 Å². The van der Waals surface area contributed by atoms with E-state index in [1.54, 1.807) is 31.0 Å². The minimum absolute atomic E-state index is 0.440. The molecule has 3 rings (SSSR count). The SMILES string of the molecule is CCC1=C(C(=O)OC)[C@@H](c2ccc(OC)c(OC)c2)n2nnnc2N1. The van der Waals surface area contributed by atoms with E-state index in [0.29, 0.717) is 35.1 Å². The number of benzene rings is 1. The molecular weight excluding hydrogens is 326 g/mol. The van der Waals surface area contributed by atoms with Gasteiger partial charge >= 0.3 is 5.97 Å². The zero-order valence-corrected chi connectivity index (χ0v) is 14.4. The van der Waals surface area contributed by atoms with E-state index in [0.717, 1.165) is 5.56 Å². The van der Waals surface area contributed by atoms with E-state index in [9.17, 15) is 4.79 Å². The van der Waals surface area contributed by atoms with Gasteiger partial charge in [-0.15, -0.1) is 0 Å². The lowest BCUT2D eigenvalue weighted by atomic mass is 9.94. The molecule has 1 aliphatic rings. The molecule has 0 radical (unpaired) electrons. The quantitative estimate of drug-likeness (QED) is 0.815. The molecular formula is C16H19N5O4. The third kappa shape index (κ3) is 2.77. The smallest absolute Gasteiger partial charge is 0.338 e. The van der Waals surface area contributed by atoms with Crippen LogP contribution in [0, 0.1) is 0 Å². The highest BCUT2D eigenvalue weighted by molar-refractivity contribution is 5.92. The van der Waals surface area contributed by atoms with Crippen LogP contribution in [0.25, 0.3) is 0 Å². The number of anilines is 1. The molecule has 1 aromatic heterocycles. The maximum atomic E-state index is 12.5. The lowest BCUT2D eigenvalue weighted by Gasteiger charge is -2.28. The van der Waals surface area contributed by atoms with Crippen molar-refractivity contribution in [3.05, 3.63) is 35.0 Å². The Labute approximate surface area is 144 Å². The molecule has 25 heavy (non-hydrogen) atoms. The molecule has 0 saturated heterocycles. The van der Waals surface area contributed by atoms with Gasteiger partial charge in [0, 0.05) is 5.70 Å². The van der Waals surface area contributed by atoms with E-state index in [1.165, 1.54) is 7.11 Å². The Bertz CT molecular complexity index is 830. The Morgan fingerprint density at radius 3 is 2.64 bits per heavy atom. The highest BCUT2D eigenvalue weighted by atomic mass is 16.5. The number of rotatable bonds is 5. The summed E-state index contributed by atoms with van der Waals surface area (Å²) in [6, 6.07) is 4.89. The zero-order valence-electron chi connectivity index (χ0n) is 14.4. The van der Waals surface area contributed by atoms with Gasteiger partial charge in [-0.3, -0.25) is 0 Å². The zero-order chi connectivity index (χ0) is 18.0. The van der Waals surface area contributed by atoms with Crippen LogP contribution < -0.4 is 14.8 Å². The van der Waals surface area contributed by atoms with Crippen LogP contribution in [-0.2, 0) is 9.53 Å². The standard InChI is InChI=1S/C16H19N5O4/c1-5-10-13(15(22)25-4)14(21-16(17-10)18-19-20-21)9-6-7-11(23-2)12(8-9)24-3/h6-8,14H,5H2,1-4H3,(H,17,18,20)/t14-/m1/s1. The second kappa shape index (κ2) is 6.80. The van der Waals surface area contributed by atoms with Crippen molar-refractivity contribution in [1.82, 2.24) is 20.2 Å². The van der Waals surface area contributed by atoms with Gasteiger partial charge in [0.25, 0.3) is 0 Å². The average Bonchev–Trinajstić information content (AvgIpc) is 3.13. The Kier molecular flexibility index (Phi) is 4.55. The van der Waals surface area contributed by atoms with E-state index < -0.39 is 12.0 Å². The number of nitrogens with zero attached hydrogens (tertiary/aromatic N) is 4. The van der Waals surface area contributed by atoms with Crippen molar-refractivity contribution in [3.8, 4) is 11.5 Å². The van der Waals surface area contributed by atoms with E-state index in [2.05, 4.69) is 20.8 Å². The van der Waals surface area contributed by atoms with Gasteiger partial charge in [-0.2, -0.15) is 4.68 Å². The van der Waals surface area contributed by atoms with Crippen molar-refractivity contribution in [1.29, 1.82) is 0 Å². The second-order valence-electron chi connectivity index (χ2n) is 5.33. The molecule has 0 spiro atoms. The predicted octanol–water partition coefficient (Wildman–Crippen LogP) is 1.54. The first-order chi connectivity index (χ1) is 12.1. The first kappa shape index (κ1) is 16.7. The molecule has 1 atom stereocenters. The minimum atomic E-state index is -0.534. The summed E-state index contributed by atoms with van der Waals surface area (Å²) < 4.78 is 17.2. The van der Waals surface area contributed by atoms with E-state index in [1.807, 2.05) is 13.0 Å². The van der Waals surface area contributed by atoms with Crippen LogP contribution in [0.3, 0.4) is 0 Å². The van der Waals surface area contributed by atoms with Crippen LogP contribution >= 0.6 is 0 Å². The summed E-state index contributed by atoms with van der Waals surface area (Å²) in [5.41, 5.74) is 1.95. The van der Waals surface area contributed by atoms with Gasteiger partial charge in [-0.25, -0.2) is 4.79 Å². The summed E-state index contributed by atoms with van der Waals surface area (Å²) in [6.45, 7) is 1.94. The highest BCUT2D eigenvalue weighted by Gasteiger charge is 2.35. The third-order valence-corrected chi connectivity index (χ3v) is 4.08. The average molecular weight is 345 g/mol. The van der Waals surface area contributed by atoms with Crippen molar-refractivity contribution in [2.75, 3.05) is 26.6 Å². The molecule has 1 aliphatic heterocycles. The molecule has 0 fully saturated rings. The minimum Gasteiger partial charge on any atom is -0.493 e. The number of carbonyl (C=O) groups excluding carboxylic acids is 1. The molecule has 1 aromatic carbocycles. The van der Waals surface area contributed by atoms with Crippen molar-refractivity contribution in [2.24, 2.45) is 0 Å². The van der Waals surface area contributed by atoms with Crippen LogP contribution in [-0.4, -0.2) is 47.5 Å². The fourth-order valence-electron chi connectivity index (χ4n) is 2.89. The molecule has 9 heteroatoms. The van der Waals surface area contributed by atoms with Gasteiger partial charge in [-0.1, -0.05) is 18.1 Å². The molecule has 0 amide bonds. The van der Waals surface area contributed by atoms with Crippen molar-refractivity contribution >= 4 is 11.9 Å². The summed E-state index contributed by atoms with van der Waals surface area (Å²) in [5.74, 6) is 1.17. The molecule has 0 bridgehead atoms. The van der Waals surface area contributed by atoms with E-state index in [-0.39, 0.29) is 0 Å². The lowest BCUT2D eigenvalue weighted by Crippen LogP contribution is -2.30. The molecule has 0 unspecified atom stereocenters. The summed E-state index contributed by atoms with van der Waals surface area (Å²) in [5, 5.41) is 14.8. The summed E-state index contributed by atoms with van der Waals surface area (Å²) in [7, 11) is 4.47. The number of esters is 1. The Morgan fingerprint density at radius 1 is 1.24 bits per heavy atom. The van der Waals surface area contributed by atoms with Gasteiger partial charge in [-0.05, 0) is 34.5 Å². The number of allylic oxidation sites excluding steroid dienone is 1. The summed E-state index contributed by atoms with van der Waals surface area (Å²) in [6.07, 6.45) is 0.598. The number of methoxy groups -OCH3 is 3. The fraction of sp³-hybridized carbons (Fsp3) is 0.375. The topological polar surface area (TPSA) is 100 Å². The van der Waals surface area contributed by atoms with Gasteiger partial charge in [0.2, 0.25) is 5.95 Å². The summed E-state index contributed by atoms with van der Waals surface area (Å²) >= 11 is 0. The summed E-state index contributed by atoms with van der Waals surface area (Å²) in [4.78, 5) is 12.5. The maximum absolute atomic E-state index is 12.5. The monoisotopic (exact) mass is 345 g/mol. The maximum Gasteiger partial charge on any atom is 0.338 e. The fourth-order valence-corrected chi connectivity index (χ4v) is 2.89. The molecule has 0 aliphatic carbocycles. The molecule has 0 saturated carbocycles. The molecule has 2 aromatic rings.